The Morgan fingerprint density at radius 1 is 1.14 bits per heavy atom. The quantitative estimate of drug-likeness (QED) is 0.682. The van der Waals surface area contributed by atoms with Gasteiger partial charge in [0, 0.05) is 6.42 Å². The largest absolute Gasteiger partial charge is 0.478 e. The van der Waals surface area contributed by atoms with Crippen LogP contribution in [0, 0.1) is 0 Å². The van der Waals surface area contributed by atoms with Crippen LogP contribution in [0.25, 0.3) is 11.1 Å². The number of aromatic carboxylic acids is 1. The van der Waals surface area contributed by atoms with Crippen LogP contribution in [-0.2, 0) is 13.0 Å². The number of hydrogen-bond donors (Lipinski definition) is 1. The van der Waals surface area contributed by atoms with Crippen LogP contribution < -0.4 is 4.74 Å². The maximum absolute atomic E-state index is 12.5. The first-order valence-corrected chi connectivity index (χ1v) is 9.75. The summed E-state index contributed by atoms with van der Waals surface area (Å²) in [6, 6.07) is 15.1. The summed E-state index contributed by atoms with van der Waals surface area (Å²) in [6.07, 6.45) is 2.15. The second-order valence-electron chi connectivity index (χ2n) is 7.03. The summed E-state index contributed by atoms with van der Waals surface area (Å²) in [7, 11) is 0. The number of imidazole rings is 1. The highest BCUT2D eigenvalue weighted by molar-refractivity contribution is 5.97. The van der Waals surface area contributed by atoms with E-state index in [4.69, 9.17) is 4.74 Å². The molecule has 0 saturated carbocycles. The Hall–Kier alpha value is -3.41. The molecule has 6 nitrogen and oxygen atoms in total. The molecule has 0 unspecified atom stereocenters. The first-order chi connectivity index (χ1) is 14.1. The fourth-order valence-electron chi connectivity index (χ4n) is 3.78. The van der Waals surface area contributed by atoms with Crippen molar-refractivity contribution >= 4 is 11.8 Å². The van der Waals surface area contributed by atoms with Crippen LogP contribution in [0.4, 0.5) is 0 Å². The van der Waals surface area contributed by atoms with Crippen molar-refractivity contribution in [2.75, 3.05) is 6.61 Å². The number of ether oxygens (including phenoxy) is 1. The van der Waals surface area contributed by atoms with Crippen molar-refractivity contribution in [1.29, 1.82) is 0 Å². The second kappa shape index (κ2) is 7.91. The molecule has 0 spiro atoms. The maximum Gasteiger partial charge on any atom is 0.336 e. The summed E-state index contributed by atoms with van der Waals surface area (Å²) in [5.41, 5.74) is 4.24. The van der Waals surface area contributed by atoms with Gasteiger partial charge in [0.1, 0.15) is 5.69 Å². The molecule has 29 heavy (non-hydrogen) atoms. The Labute approximate surface area is 168 Å². The maximum atomic E-state index is 12.5. The van der Waals surface area contributed by atoms with Crippen LogP contribution >= 0.6 is 0 Å². The van der Waals surface area contributed by atoms with Crippen LogP contribution in [-0.4, -0.2) is 33.0 Å². The molecule has 0 saturated heterocycles. The summed E-state index contributed by atoms with van der Waals surface area (Å²) in [5, 5.41) is 9.42. The van der Waals surface area contributed by atoms with Crippen molar-refractivity contribution in [2.24, 2.45) is 0 Å². The van der Waals surface area contributed by atoms with Gasteiger partial charge in [0.15, 0.2) is 5.78 Å². The summed E-state index contributed by atoms with van der Waals surface area (Å²) in [4.78, 5) is 28.5. The lowest BCUT2D eigenvalue weighted by Crippen LogP contribution is -2.16. The zero-order chi connectivity index (χ0) is 20.4. The number of rotatable bonds is 6. The number of Topliss-reactive ketones (excluding diaryl/α,β-unsaturated/α-hetero) is 1. The van der Waals surface area contributed by atoms with Crippen molar-refractivity contribution in [3.8, 4) is 17.1 Å². The van der Waals surface area contributed by atoms with E-state index >= 15 is 0 Å². The average Bonchev–Trinajstić information content (AvgIpc) is 3.07. The zero-order valence-corrected chi connectivity index (χ0v) is 16.2. The third kappa shape index (κ3) is 3.66. The Morgan fingerprint density at radius 2 is 1.90 bits per heavy atom. The van der Waals surface area contributed by atoms with E-state index in [0.717, 1.165) is 29.7 Å². The van der Waals surface area contributed by atoms with Gasteiger partial charge >= 0.3 is 5.97 Å². The van der Waals surface area contributed by atoms with E-state index < -0.39 is 5.97 Å². The predicted octanol–water partition coefficient (Wildman–Crippen LogP) is 4.21. The number of carbonyl (C=O) groups excluding carboxylic acids is 1. The van der Waals surface area contributed by atoms with Gasteiger partial charge in [0.25, 0.3) is 6.01 Å². The van der Waals surface area contributed by atoms with Gasteiger partial charge in [0.2, 0.25) is 0 Å². The van der Waals surface area contributed by atoms with Crippen LogP contribution in [0.3, 0.4) is 0 Å². The van der Waals surface area contributed by atoms with Crippen LogP contribution in [0.5, 0.6) is 6.01 Å². The van der Waals surface area contributed by atoms with Gasteiger partial charge in [-0.25, -0.2) is 4.79 Å². The minimum absolute atomic E-state index is 0.108. The minimum atomic E-state index is -0.949. The molecule has 0 radical (unpaired) electrons. The number of aryl methyl sites for hydroxylation is 1. The molecular formula is C23H22N2O4. The van der Waals surface area contributed by atoms with E-state index in [1.54, 1.807) is 18.2 Å². The van der Waals surface area contributed by atoms with Crippen LogP contribution in [0.2, 0.25) is 0 Å². The molecule has 6 heteroatoms. The molecule has 148 valence electrons. The first kappa shape index (κ1) is 18.9. The Bertz CT molecular complexity index is 1070. The third-order valence-corrected chi connectivity index (χ3v) is 5.12. The van der Waals surface area contributed by atoms with E-state index in [0.29, 0.717) is 36.8 Å². The number of aromatic nitrogens is 2. The van der Waals surface area contributed by atoms with Crippen molar-refractivity contribution < 1.29 is 19.4 Å². The van der Waals surface area contributed by atoms with Gasteiger partial charge in [-0.1, -0.05) is 42.5 Å². The SMILES string of the molecule is CCOc1nc2c(n1Cc1ccc(-c3ccccc3C(=O)O)cc1)C(=O)CCC2. The molecule has 3 aromatic rings. The second-order valence-corrected chi connectivity index (χ2v) is 7.03. The molecule has 1 aliphatic carbocycles. The predicted molar refractivity (Wildman–Crippen MR) is 109 cm³/mol. The lowest BCUT2D eigenvalue weighted by atomic mass is 9.98. The number of benzene rings is 2. The Morgan fingerprint density at radius 3 is 2.62 bits per heavy atom. The Balaban J connectivity index is 1.66. The molecule has 0 atom stereocenters. The molecule has 2 aromatic carbocycles. The monoisotopic (exact) mass is 390 g/mol. The van der Waals surface area contributed by atoms with Gasteiger partial charge in [0.05, 0.1) is 24.4 Å². The van der Waals surface area contributed by atoms with E-state index in [-0.39, 0.29) is 11.3 Å². The minimum Gasteiger partial charge on any atom is -0.478 e. The van der Waals surface area contributed by atoms with E-state index in [2.05, 4.69) is 4.98 Å². The molecule has 1 N–H and O–H groups in total. The van der Waals surface area contributed by atoms with Crippen LogP contribution in [0.1, 0.15) is 51.9 Å². The third-order valence-electron chi connectivity index (χ3n) is 5.12. The normalized spacial score (nSPS) is 13.2. The van der Waals surface area contributed by atoms with E-state index in [9.17, 15) is 14.7 Å². The highest BCUT2D eigenvalue weighted by atomic mass is 16.5. The molecule has 0 fully saturated rings. The number of carbonyl (C=O) groups is 2. The Kier molecular flexibility index (Phi) is 5.16. The summed E-state index contributed by atoms with van der Waals surface area (Å²) in [6.45, 7) is 2.85. The molecular weight excluding hydrogens is 368 g/mol. The van der Waals surface area contributed by atoms with Crippen LogP contribution in [0.15, 0.2) is 48.5 Å². The van der Waals surface area contributed by atoms with Crippen molar-refractivity contribution in [1.82, 2.24) is 9.55 Å². The summed E-state index contributed by atoms with van der Waals surface area (Å²) < 4.78 is 7.54. The van der Waals surface area contributed by atoms with E-state index in [1.165, 1.54) is 0 Å². The van der Waals surface area contributed by atoms with Crippen molar-refractivity contribution in [2.45, 2.75) is 32.7 Å². The molecule has 0 bridgehead atoms. The van der Waals surface area contributed by atoms with Gasteiger partial charge in [-0.05, 0) is 42.5 Å². The summed E-state index contributed by atoms with van der Waals surface area (Å²) >= 11 is 0. The zero-order valence-electron chi connectivity index (χ0n) is 16.2. The average molecular weight is 390 g/mol. The smallest absolute Gasteiger partial charge is 0.336 e. The standard InChI is InChI=1S/C23H22N2O4/c1-2-29-23-24-19-8-5-9-20(26)21(19)25(23)14-15-10-12-16(13-11-15)17-6-3-4-7-18(17)22(27)28/h3-4,6-7,10-13H,2,5,8-9,14H2,1H3,(H,27,28). The summed E-state index contributed by atoms with van der Waals surface area (Å²) in [5.74, 6) is -0.841. The molecule has 0 aliphatic heterocycles. The van der Waals surface area contributed by atoms with Gasteiger partial charge in [-0.2, -0.15) is 4.98 Å². The van der Waals surface area contributed by atoms with Crippen molar-refractivity contribution in [3.05, 3.63) is 71.0 Å². The first-order valence-electron chi connectivity index (χ1n) is 9.75. The van der Waals surface area contributed by atoms with Gasteiger partial charge in [-0.15, -0.1) is 0 Å². The number of fused-ring (bicyclic) bond motifs is 1. The molecule has 1 aromatic heterocycles. The lowest BCUT2D eigenvalue weighted by molar-refractivity contribution is 0.0697. The topological polar surface area (TPSA) is 81.4 Å². The molecule has 4 rings (SSSR count). The van der Waals surface area contributed by atoms with Gasteiger partial charge < -0.3 is 9.84 Å². The van der Waals surface area contributed by atoms with Crippen molar-refractivity contribution in [3.63, 3.8) is 0 Å². The lowest BCUT2D eigenvalue weighted by Gasteiger charge is -2.14. The number of carboxylic acid groups (broad SMARTS) is 1. The molecule has 1 heterocycles. The highest BCUT2D eigenvalue weighted by Gasteiger charge is 2.27. The fourth-order valence-corrected chi connectivity index (χ4v) is 3.78. The molecule has 1 aliphatic rings. The number of carboxylic acids is 1. The number of nitrogens with zero attached hydrogens (tertiary/aromatic N) is 2. The fraction of sp³-hybridized carbons (Fsp3) is 0.261. The van der Waals surface area contributed by atoms with Gasteiger partial charge in [-0.3, -0.25) is 9.36 Å². The number of hydrogen-bond acceptors (Lipinski definition) is 4. The highest BCUT2D eigenvalue weighted by Crippen LogP contribution is 2.28. The molecule has 0 amide bonds. The van der Waals surface area contributed by atoms with E-state index in [1.807, 2.05) is 41.8 Å². The number of ketones is 1.